The van der Waals surface area contributed by atoms with Crippen LogP contribution in [-0.4, -0.2) is 13.1 Å². The van der Waals surface area contributed by atoms with E-state index in [4.69, 9.17) is 0 Å². The predicted molar refractivity (Wildman–Crippen MR) is 79.3 cm³/mol. The number of carbonyl (C=O) groups excluding carboxylic acids is 1. The fourth-order valence-electron chi connectivity index (χ4n) is 1.73. The van der Waals surface area contributed by atoms with Crippen LogP contribution in [0.5, 0.6) is 0 Å². The van der Waals surface area contributed by atoms with Crippen LogP contribution in [0.25, 0.3) is 0 Å². The summed E-state index contributed by atoms with van der Waals surface area (Å²) in [5.74, 6) is 5.99. The lowest BCUT2D eigenvalue weighted by Gasteiger charge is -1.99. The molecule has 0 N–H and O–H groups in total. The molecule has 0 heterocycles. The first-order valence-electron chi connectivity index (χ1n) is 6.42. The molecule has 2 rings (SSSR count). The molecule has 0 saturated heterocycles. The molecule has 100 valence electrons. The van der Waals surface area contributed by atoms with Gasteiger partial charge in [0, 0.05) is 11.1 Å². The number of methoxy groups -OCH3 is 1. The summed E-state index contributed by atoms with van der Waals surface area (Å²) in [6.07, 6.45) is 0.294. The number of esters is 1. The molecule has 0 unspecified atom stereocenters. The van der Waals surface area contributed by atoms with Crippen LogP contribution < -0.4 is 0 Å². The maximum absolute atomic E-state index is 11.2. The monoisotopic (exact) mass is 264 g/mol. The first-order chi connectivity index (χ1) is 9.67. The zero-order chi connectivity index (χ0) is 14.4. The van der Waals surface area contributed by atoms with Gasteiger partial charge in [0.05, 0.1) is 13.5 Å². The van der Waals surface area contributed by atoms with Crippen molar-refractivity contribution in [3.05, 3.63) is 70.8 Å². The van der Waals surface area contributed by atoms with Crippen LogP contribution in [0, 0.1) is 18.8 Å². The summed E-state index contributed by atoms with van der Waals surface area (Å²) in [4.78, 5) is 11.2. The molecule has 0 fully saturated rings. The zero-order valence-electron chi connectivity index (χ0n) is 11.6. The van der Waals surface area contributed by atoms with Crippen LogP contribution in [0.4, 0.5) is 0 Å². The second-order valence-electron chi connectivity index (χ2n) is 4.57. The van der Waals surface area contributed by atoms with Crippen molar-refractivity contribution < 1.29 is 9.53 Å². The highest BCUT2D eigenvalue weighted by molar-refractivity contribution is 5.72. The molecule has 2 aromatic carbocycles. The number of aryl methyl sites for hydroxylation is 1. The Hall–Kier alpha value is -2.53. The quantitative estimate of drug-likeness (QED) is 0.615. The SMILES string of the molecule is COC(=O)Cc1ccc(C#Cc2ccc(C)cc2)cc1. The van der Waals surface area contributed by atoms with Crippen LogP contribution in [0.15, 0.2) is 48.5 Å². The highest BCUT2D eigenvalue weighted by atomic mass is 16.5. The second kappa shape index (κ2) is 6.58. The first-order valence-corrected chi connectivity index (χ1v) is 6.42. The summed E-state index contributed by atoms with van der Waals surface area (Å²) in [6, 6.07) is 15.7. The van der Waals surface area contributed by atoms with Crippen molar-refractivity contribution >= 4 is 5.97 Å². The summed E-state index contributed by atoms with van der Waals surface area (Å²) in [5, 5.41) is 0. The fourth-order valence-corrected chi connectivity index (χ4v) is 1.73. The van der Waals surface area contributed by atoms with Crippen LogP contribution in [0.1, 0.15) is 22.3 Å². The molecule has 0 bridgehead atoms. The summed E-state index contributed by atoms with van der Waals surface area (Å²) < 4.78 is 4.63. The number of hydrogen-bond donors (Lipinski definition) is 0. The Kier molecular flexibility index (Phi) is 4.57. The molecule has 2 nitrogen and oxygen atoms in total. The predicted octanol–water partition coefficient (Wildman–Crippen LogP) is 3.11. The zero-order valence-corrected chi connectivity index (χ0v) is 11.6. The summed E-state index contributed by atoms with van der Waals surface area (Å²) in [5.41, 5.74) is 4.08. The minimum absolute atomic E-state index is 0.233. The maximum Gasteiger partial charge on any atom is 0.309 e. The Labute approximate surface area is 119 Å². The lowest BCUT2D eigenvalue weighted by Crippen LogP contribution is -2.04. The van der Waals surface area contributed by atoms with E-state index in [1.54, 1.807) is 0 Å². The lowest BCUT2D eigenvalue weighted by molar-refractivity contribution is -0.139. The van der Waals surface area contributed by atoms with Crippen molar-refractivity contribution in [1.29, 1.82) is 0 Å². The Morgan fingerprint density at radius 2 is 1.45 bits per heavy atom. The molecule has 0 atom stereocenters. The van der Waals surface area contributed by atoms with E-state index < -0.39 is 0 Å². The molecule has 0 aliphatic carbocycles. The molecular formula is C18H16O2. The number of carbonyl (C=O) groups is 1. The smallest absolute Gasteiger partial charge is 0.309 e. The van der Waals surface area contributed by atoms with Gasteiger partial charge in [-0.1, -0.05) is 41.7 Å². The van der Waals surface area contributed by atoms with Gasteiger partial charge in [-0.15, -0.1) is 0 Å². The Balaban J connectivity index is 2.07. The minimum Gasteiger partial charge on any atom is -0.469 e. The van der Waals surface area contributed by atoms with Gasteiger partial charge >= 0.3 is 5.97 Å². The Morgan fingerprint density at radius 1 is 0.950 bits per heavy atom. The van der Waals surface area contributed by atoms with Crippen molar-refractivity contribution in [3.63, 3.8) is 0 Å². The van der Waals surface area contributed by atoms with Gasteiger partial charge in [0.15, 0.2) is 0 Å². The van der Waals surface area contributed by atoms with Crippen LogP contribution in [0.2, 0.25) is 0 Å². The van der Waals surface area contributed by atoms with Gasteiger partial charge in [0.25, 0.3) is 0 Å². The average molecular weight is 264 g/mol. The number of rotatable bonds is 2. The van der Waals surface area contributed by atoms with Gasteiger partial charge in [-0.05, 0) is 36.8 Å². The maximum atomic E-state index is 11.2. The van der Waals surface area contributed by atoms with Gasteiger partial charge in [-0.2, -0.15) is 0 Å². The Bertz CT molecular complexity index is 641. The third-order valence-electron chi connectivity index (χ3n) is 2.93. The minimum atomic E-state index is -0.233. The third kappa shape index (κ3) is 4.00. The molecule has 2 heteroatoms. The van der Waals surface area contributed by atoms with Crippen LogP contribution in [-0.2, 0) is 16.0 Å². The molecule has 0 aromatic heterocycles. The van der Waals surface area contributed by atoms with E-state index in [-0.39, 0.29) is 5.97 Å². The van der Waals surface area contributed by atoms with Crippen molar-refractivity contribution in [2.24, 2.45) is 0 Å². The van der Waals surface area contributed by atoms with Gasteiger partial charge in [-0.25, -0.2) is 0 Å². The van der Waals surface area contributed by atoms with E-state index in [1.165, 1.54) is 12.7 Å². The fraction of sp³-hybridized carbons (Fsp3) is 0.167. The first kappa shape index (κ1) is 13.9. The highest BCUT2D eigenvalue weighted by Gasteiger charge is 2.01. The largest absolute Gasteiger partial charge is 0.469 e. The van der Waals surface area contributed by atoms with Crippen molar-refractivity contribution in [2.75, 3.05) is 7.11 Å². The van der Waals surface area contributed by atoms with Crippen molar-refractivity contribution in [2.45, 2.75) is 13.3 Å². The number of ether oxygens (including phenoxy) is 1. The average Bonchev–Trinajstić information content (AvgIpc) is 2.48. The van der Waals surface area contributed by atoms with Crippen molar-refractivity contribution in [1.82, 2.24) is 0 Å². The second-order valence-corrected chi connectivity index (χ2v) is 4.57. The standard InChI is InChI=1S/C18H16O2/c1-14-3-5-15(6-4-14)7-8-16-9-11-17(12-10-16)13-18(19)20-2/h3-6,9-12H,13H2,1-2H3. The summed E-state index contributed by atoms with van der Waals surface area (Å²) in [7, 11) is 1.39. The van der Waals surface area contributed by atoms with E-state index in [0.29, 0.717) is 6.42 Å². The van der Waals surface area contributed by atoms with E-state index >= 15 is 0 Å². The molecule has 0 aliphatic rings. The Morgan fingerprint density at radius 3 is 1.95 bits per heavy atom. The lowest BCUT2D eigenvalue weighted by atomic mass is 10.1. The summed E-state index contributed by atoms with van der Waals surface area (Å²) in [6.45, 7) is 2.05. The van der Waals surface area contributed by atoms with Gasteiger partial charge in [0.2, 0.25) is 0 Å². The molecule has 0 spiro atoms. The normalized spacial score (nSPS) is 9.50. The molecule has 0 radical (unpaired) electrons. The molecule has 0 saturated carbocycles. The molecule has 0 amide bonds. The number of hydrogen-bond acceptors (Lipinski definition) is 2. The van der Waals surface area contributed by atoms with Crippen molar-refractivity contribution in [3.8, 4) is 11.8 Å². The van der Waals surface area contributed by atoms with Crippen LogP contribution in [0.3, 0.4) is 0 Å². The highest BCUT2D eigenvalue weighted by Crippen LogP contribution is 2.06. The van der Waals surface area contributed by atoms with E-state index in [2.05, 4.69) is 23.5 Å². The van der Waals surface area contributed by atoms with Gasteiger partial charge < -0.3 is 4.74 Å². The van der Waals surface area contributed by atoms with E-state index in [9.17, 15) is 4.79 Å². The summed E-state index contributed by atoms with van der Waals surface area (Å²) >= 11 is 0. The van der Waals surface area contributed by atoms with Gasteiger partial charge in [-0.3, -0.25) is 4.79 Å². The molecule has 2 aromatic rings. The molecule has 0 aliphatic heterocycles. The number of benzene rings is 2. The van der Waals surface area contributed by atoms with E-state index in [1.807, 2.05) is 48.5 Å². The topological polar surface area (TPSA) is 26.3 Å². The van der Waals surface area contributed by atoms with Gasteiger partial charge in [0.1, 0.15) is 0 Å². The van der Waals surface area contributed by atoms with E-state index in [0.717, 1.165) is 16.7 Å². The molecular weight excluding hydrogens is 248 g/mol. The molecule has 20 heavy (non-hydrogen) atoms. The van der Waals surface area contributed by atoms with Crippen LogP contribution >= 0.6 is 0 Å². The third-order valence-corrected chi connectivity index (χ3v) is 2.93.